The topological polar surface area (TPSA) is 64.3 Å². The lowest BCUT2D eigenvalue weighted by molar-refractivity contribution is -0.121. The Hall–Kier alpha value is -1.98. The summed E-state index contributed by atoms with van der Waals surface area (Å²) in [5, 5.41) is 2.94. The molecule has 4 nitrogen and oxygen atoms in total. The molecule has 1 amide bonds. The molecular formula is C19H22N2O2S. The average molecular weight is 342 g/mol. The Bertz CT molecular complexity index is 692. The van der Waals surface area contributed by atoms with Crippen molar-refractivity contribution in [3.8, 4) is 5.75 Å². The summed E-state index contributed by atoms with van der Waals surface area (Å²) in [6.45, 7) is 0. The normalized spacial score (nSPS) is 15.9. The second kappa shape index (κ2) is 7.28. The molecule has 126 valence electrons. The maximum atomic E-state index is 12.3. The van der Waals surface area contributed by atoms with Gasteiger partial charge in [0.25, 0.3) is 0 Å². The highest BCUT2D eigenvalue weighted by atomic mass is 32.2. The van der Waals surface area contributed by atoms with Gasteiger partial charge in [0.15, 0.2) is 0 Å². The number of carbonyl (C=O) groups excluding carboxylic acids is 1. The summed E-state index contributed by atoms with van der Waals surface area (Å²) in [7, 11) is 1.66. The number of nitrogens with one attached hydrogen (secondary N) is 1. The molecular weight excluding hydrogens is 320 g/mol. The highest BCUT2D eigenvalue weighted by Gasteiger charge is 2.36. The third-order valence-corrected chi connectivity index (χ3v) is 5.37. The molecule has 2 aromatic carbocycles. The van der Waals surface area contributed by atoms with Crippen LogP contribution >= 0.6 is 11.8 Å². The molecule has 0 radical (unpaired) electrons. The predicted octanol–water partition coefficient (Wildman–Crippen LogP) is 4.06. The van der Waals surface area contributed by atoms with Crippen LogP contribution in [0.4, 0.5) is 5.69 Å². The first-order valence-corrected chi connectivity index (χ1v) is 8.93. The van der Waals surface area contributed by atoms with Crippen molar-refractivity contribution in [1.29, 1.82) is 0 Å². The lowest BCUT2D eigenvalue weighted by Crippen LogP contribution is -2.48. The van der Waals surface area contributed by atoms with Crippen molar-refractivity contribution in [2.24, 2.45) is 5.73 Å². The van der Waals surface area contributed by atoms with Gasteiger partial charge in [0.1, 0.15) is 5.75 Å². The fourth-order valence-electron chi connectivity index (χ4n) is 2.87. The van der Waals surface area contributed by atoms with Gasteiger partial charge >= 0.3 is 0 Å². The maximum Gasteiger partial charge on any atom is 0.244 e. The van der Waals surface area contributed by atoms with Crippen LogP contribution in [0.25, 0.3) is 0 Å². The van der Waals surface area contributed by atoms with Gasteiger partial charge in [-0.05, 0) is 61.4 Å². The van der Waals surface area contributed by atoms with E-state index in [0.29, 0.717) is 0 Å². The number of nitrogens with two attached hydrogens (primary N) is 1. The van der Waals surface area contributed by atoms with Crippen molar-refractivity contribution in [2.75, 3.05) is 12.4 Å². The Morgan fingerprint density at radius 3 is 2.12 bits per heavy atom. The van der Waals surface area contributed by atoms with Crippen molar-refractivity contribution >= 4 is 23.4 Å². The summed E-state index contributed by atoms with van der Waals surface area (Å²) in [6.07, 6.45) is 3.59. The highest BCUT2D eigenvalue weighted by molar-refractivity contribution is 7.99. The number of methoxy groups -OCH3 is 1. The van der Waals surface area contributed by atoms with E-state index in [4.69, 9.17) is 10.5 Å². The average Bonchev–Trinajstić information content (AvgIpc) is 3.05. The van der Waals surface area contributed by atoms with Gasteiger partial charge in [-0.1, -0.05) is 24.6 Å². The lowest BCUT2D eigenvalue weighted by Gasteiger charge is -2.22. The summed E-state index contributed by atoms with van der Waals surface area (Å²) in [5.41, 5.74) is 6.27. The Balaban J connectivity index is 1.61. The number of ether oxygens (including phenoxy) is 1. The first-order chi connectivity index (χ1) is 11.6. The lowest BCUT2D eigenvalue weighted by atomic mass is 9.98. The molecule has 0 atom stereocenters. The minimum Gasteiger partial charge on any atom is -0.497 e. The largest absolute Gasteiger partial charge is 0.497 e. The standard InChI is InChI=1S/C19H22N2O2S/c1-23-15-6-10-17(11-7-15)24-16-8-4-14(5-9-16)21-18(22)19(20)12-2-3-13-19/h4-11H,2-3,12-13,20H2,1H3,(H,21,22). The zero-order valence-electron chi connectivity index (χ0n) is 13.7. The van der Waals surface area contributed by atoms with E-state index in [2.05, 4.69) is 5.32 Å². The van der Waals surface area contributed by atoms with Gasteiger partial charge in [-0.3, -0.25) is 4.79 Å². The molecule has 2 aromatic rings. The van der Waals surface area contributed by atoms with Gasteiger partial charge in [0.2, 0.25) is 5.91 Å². The van der Waals surface area contributed by atoms with Crippen molar-refractivity contribution in [3.05, 3.63) is 48.5 Å². The molecule has 0 unspecified atom stereocenters. The van der Waals surface area contributed by atoms with Crippen LogP contribution in [0.1, 0.15) is 25.7 Å². The van der Waals surface area contributed by atoms with E-state index < -0.39 is 5.54 Å². The Labute approximate surface area is 146 Å². The van der Waals surface area contributed by atoms with E-state index >= 15 is 0 Å². The van der Waals surface area contributed by atoms with Gasteiger partial charge in [0, 0.05) is 15.5 Å². The summed E-state index contributed by atoms with van der Waals surface area (Å²) < 4.78 is 5.16. The fourth-order valence-corrected chi connectivity index (χ4v) is 3.69. The molecule has 0 heterocycles. The van der Waals surface area contributed by atoms with Crippen molar-refractivity contribution in [1.82, 2.24) is 0 Å². The van der Waals surface area contributed by atoms with E-state index in [9.17, 15) is 4.79 Å². The van der Waals surface area contributed by atoms with E-state index in [1.54, 1.807) is 18.9 Å². The number of amides is 1. The SMILES string of the molecule is COc1ccc(Sc2ccc(NC(=O)C3(N)CCCC3)cc2)cc1. The number of benzene rings is 2. The number of hydrogen-bond donors (Lipinski definition) is 2. The fraction of sp³-hybridized carbons (Fsp3) is 0.316. The molecule has 3 rings (SSSR count). The van der Waals surface area contributed by atoms with Crippen LogP contribution in [0.3, 0.4) is 0 Å². The van der Waals surface area contributed by atoms with Crippen LogP contribution in [0.5, 0.6) is 5.75 Å². The Morgan fingerprint density at radius 1 is 1.04 bits per heavy atom. The molecule has 3 N–H and O–H groups in total. The van der Waals surface area contributed by atoms with Crippen LogP contribution in [0, 0.1) is 0 Å². The van der Waals surface area contributed by atoms with Crippen LogP contribution in [-0.4, -0.2) is 18.6 Å². The Morgan fingerprint density at radius 2 is 1.58 bits per heavy atom. The summed E-state index contributed by atoms with van der Waals surface area (Å²) >= 11 is 1.67. The van der Waals surface area contributed by atoms with E-state index in [1.165, 1.54) is 0 Å². The molecule has 0 bridgehead atoms. The first kappa shape index (κ1) is 16.9. The van der Waals surface area contributed by atoms with Gasteiger partial charge in [-0.2, -0.15) is 0 Å². The van der Waals surface area contributed by atoms with E-state index in [-0.39, 0.29) is 5.91 Å². The second-order valence-electron chi connectivity index (χ2n) is 6.12. The molecule has 0 spiro atoms. The zero-order valence-corrected chi connectivity index (χ0v) is 14.6. The second-order valence-corrected chi connectivity index (χ2v) is 7.27. The molecule has 0 aromatic heterocycles. The third-order valence-electron chi connectivity index (χ3n) is 4.36. The van der Waals surface area contributed by atoms with E-state index in [1.807, 2.05) is 48.5 Å². The van der Waals surface area contributed by atoms with Gasteiger partial charge in [0.05, 0.1) is 12.6 Å². The van der Waals surface area contributed by atoms with Crippen molar-refractivity contribution < 1.29 is 9.53 Å². The summed E-state index contributed by atoms with van der Waals surface area (Å²) in [4.78, 5) is 14.6. The van der Waals surface area contributed by atoms with Gasteiger partial charge < -0.3 is 15.8 Å². The van der Waals surface area contributed by atoms with Crippen LogP contribution in [0.2, 0.25) is 0 Å². The van der Waals surface area contributed by atoms with E-state index in [0.717, 1.165) is 46.9 Å². The van der Waals surface area contributed by atoms with Gasteiger partial charge in [-0.25, -0.2) is 0 Å². The summed E-state index contributed by atoms with van der Waals surface area (Å²) in [5.74, 6) is 0.774. The molecule has 24 heavy (non-hydrogen) atoms. The number of anilines is 1. The molecule has 0 aliphatic heterocycles. The van der Waals surface area contributed by atoms with Crippen molar-refractivity contribution in [2.45, 2.75) is 41.0 Å². The van der Waals surface area contributed by atoms with Crippen LogP contribution in [-0.2, 0) is 4.79 Å². The monoisotopic (exact) mass is 342 g/mol. The molecule has 1 aliphatic carbocycles. The molecule has 1 saturated carbocycles. The first-order valence-electron chi connectivity index (χ1n) is 8.11. The zero-order chi connectivity index (χ0) is 17.0. The highest BCUT2D eigenvalue weighted by Crippen LogP contribution is 2.31. The molecule has 5 heteroatoms. The van der Waals surface area contributed by atoms with Gasteiger partial charge in [-0.15, -0.1) is 0 Å². The Kier molecular flexibility index (Phi) is 5.11. The number of hydrogen-bond acceptors (Lipinski definition) is 4. The summed E-state index contributed by atoms with van der Waals surface area (Å²) in [6, 6.07) is 15.8. The van der Waals surface area contributed by atoms with Crippen LogP contribution < -0.4 is 15.8 Å². The smallest absolute Gasteiger partial charge is 0.244 e. The molecule has 1 fully saturated rings. The number of rotatable bonds is 5. The molecule has 1 aliphatic rings. The predicted molar refractivity (Wildman–Crippen MR) is 97.6 cm³/mol. The van der Waals surface area contributed by atoms with Crippen molar-refractivity contribution in [3.63, 3.8) is 0 Å². The maximum absolute atomic E-state index is 12.3. The molecule has 0 saturated heterocycles. The third kappa shape index (κ3) is 3.91. The quantitative estimate of drug-likeness (QED) is 0.860. The minimum absolute atomic E-state index is 0.0736. The van der Waals surface area contributed by atoms with Crippen LogP contribution in [0.15, 0.2) is 58.3 Å². The number of carbonyl (C=O) groups is 1. The minimum atomic E-state index is -0.698.